The molecule has 0 aromatic carbocycles. The van der Waals surface area contributed by atoms with Gasteiger partial charge in [-0.15, -0.1) is 0 Å². The van der Waals surface area contributed by atoms with E-state index in [1.807, 2.05) is 0 Å². The van der Waals surface area contributed by atoms with Crippen LogP contribution in [0.15, 0.2) is 12.2 Å². The Hall–Kier alpha value is -0.590. The molecule has 0 amide bonds. The molecule has 0 aliphatic heterocycles. The second kappa shape index (κ2) is 2.70. The monoisotopic (exact) mass is 178 g/mol. The Balaban J connectivity index is 2.24. The fourth-order valence-corrected chi connectivity index (χ4v) is 2.87. The van der Waals surface area contributed by atoms with Gasteiger partial charge in [-0.1, -0.05) is 26.0 Å². The Bertz CT molecular complexity index is 262. The SMILES string of the molecule is C=C1[C@H]2CCC(=O)[C@H]2CCC1(C)C. The lowest BCUT2D eigenvalue weighted by Gasteiger charge is -2.39. The Morgan fingerprint density at radius 1 is 1.31 bits per heavy atom. The van der Waals surface area contributed by atoms with Gasteiger partial charge in [-0.2, -0.15) is 0 Å². The Labute approximate surface area is 80.2 Å². The molecule has 0 saturated heterocycles. The first kappa shape index (κ1) is 8.98. The van der Waals surface area contributed by atoms with Gasteiger partial charge in [0.25, 0.3) is 0 Å². The number of carbonyl (C=O) groups is 1. The van der Waals surface area contributed by atoms with Gasteiger partial charge in [-0.25, -0.2) is 0 Å². The summed E-state index contributed by atoms with van der Waals surface area (Å²) in [7, 11) is 0. The maximum atomic E-state index is 11.5. The van der Waals surface area contributed by atoms with Crippen LogP contribution in [0.2, 0.25) is 0 Å². The summed E-state index contributed by atoms with van der Waals surface area (Å²) < 4.78 is 0. The Kier molecular flexibility index (Phi) is 1.86. The molecule has 0 N–H and O–H groups in total. The van der Waals surface area contributed by atoms with Crippen LogP contribution in [0.3, 0.4) is 0 Å². The molecule has 13 heavy (non-hydrogen) atoms. The minimum atomic E-state index is 0.270. The van der Waals surface area contributed by atoms with Crippen LogP contribution in [0.25, 0.3) is 0 Å². The number of ketones is 1. The maximum Gasteiger partial charge on any atom is 0.136 e. The third-order valence-corrected chi connectivity index (χ3v) is 4.00. The average Bonchev–Trinajstić information content (AvgIpc) is 2.41. The lowest BCUT2D eigenvalue weighted by atomic mass is 9.65. The van der Waals surface area contributed by atoms with Crippen molar-refractivity contribution in [3.8, 4) is 0 Å². The van der Waals surface area contributed by atoms with E-state index in [0.717, 1.165) is 25.7 Å². The van der Waals surface area contributed by atoms with Crippen LogP contribution in [0, 0.1) is 17.3 Å². The van der Waals surface area contributed by atoms with Crippen LogP contribution >= 0.6 is 0 Å². The van der Waals surface area contributed by atoms with Gasteiger partial charge in [0.05, 0.1) is 0 Å². The molecule has 0 radical (unpaired) electrons. The Morgan fingerprint density at radius 3 is 2.69 bits per heavy atom. The maximum absolute atomic E-state index is 11.5. The zero-order valence-electron chi connectivity index (χ0n) is 8.60. The average molecular weight is 178 g/mol. The van der Waals surface area contributed by atoms with Crippen LogP contribution in [0.1, 0.15) is 39.5 Å². The zero-order valence-corrected chi connectivity index (χ0v) is 8.60. The van der Waals surface area contributed by atoms with Crippen molar-refractivity contribution in [3.05, 3.63) is 12.2 Å². The van der Waals surface area contributed by atoms with Crippen LogP contribution in [-0.2, 0) is 4.79 Å². The van der Waals surface area contributed by atoms with E-state index < -0.39 is 0 Å². The lowest BCUT2D eigenvalue weighted by Crippen LogP contribution is -2.31. The third kappa shape index (κ3) is 1.25. The molecule has 0 heterocycles. The van der Waals surface area contributed by atoms with Crippen molar-refractivity contribution in [2.24, 2.45) is 17.3 Å². The summed E-state index contributed by atoms with van der Waals surface area (Å²) in [5.74, 6) is 1.33. The van der Waals surface area contributed by atoms with E-state index in [4.69, 9.17) is 0 Å². The van der Waals surface area contributed by atoms with Gasteiger partial charge in [0.1, 0.15) is 5.78 Å². The quantitative estimate of drug-likeness (QED) is 0.521. The van der Waals surface area contributed by atoms with Gasteiger partial charge in [0, 0.05) is 12.3 Å². The van der Waals surface area contributed by atoms with Crippen molar-refractivity contribution in [1.29, 1.82) is 0 Å². The summed E-state index contributed by atoms with van der Waals surface area (Å²) in [6.07, 6.45) is 4.09. The van der Waals surface area contributed by atoms with Gasteiger partial charge >= 0.3 is 0 Å². The second-order valence-corrected chi connectivity index (χ2v) is 5.17. The molecule has 1 nitrogen and oxygen atoms in total. The molecule has 0 bridgehead atoms. The van der Waals surface area contributed by atoms with Gasteiger partial charge in [-0.3, -0.25) is 4.79 Å². The Morgan fingerprint density at radius 2 is 2.00 bits per heavy atom. The smallest absolute Gasteiger partial charge is 0.136 e. The highest BCUT2D eigenvalue weighted by atomic mass is 16.1. The molecule has 72 valence electrons. The van der Waals surface area contributed by atoms with Crippen molar-refractivity contribution in [3.63, 3.8) is 0 Å². The van der Waals surface area contributed by atoms with Gasteiger partial charge in [0.15, 0.2) is 0 Å². The van der Waals surface area contributed by atoms with Crippen LogP contribution in [0.4, 0.5) is 0 Å². The number of hydrogen-bond donors (Lipinski definition) is 0. The molecule has 0 aromatic heterocycles. The molecule has 2 rings (SSSR count). The number of hydrogen-bond acceptors (Lipinski definition) is 1. The molecule has 1 heteroatoms. The van der Waals surface area contributed by atoms with E-state index in [2.05, 4.69) is 20.4 Å². The lowest BCUT2D eigenvalue weighted by molar-refractivity contribution is -0.121. The van der Waals surface area contributed by atoms with Gasteiger partial charge < -0.3 is 0 Å². The van der Waals surface area contributed by atoms with E-state index in [1.165, 1.54) is 5.57 Å². The number of allylic oxidation sites excluding steroid dienone is 1. The molecule has 0 aromatic rings. The number of rotatable bonds is 0. The summed E-state index contributed by atoms with van der Waals surface area (Å²) in [4.78, 5) is 11.5. The normalized spacial score (nSPS) is 37.7. The van der Waals surface area contributed by atoms with E-state index in [-0.39, 0.29) is 5.41 Å². The first-order valence-electron chi connectivity index (χ1n) is 5.24. The molecule has 2 saturated carbocycles. The molecular formula is C12H18O. The van der Waals surface area contributed by atoms with Crippen molar-refractivity contribution >= 4 is 5.78 Å². The summed E-state index contributed by atoms with van der Waals surface area (Å²) >= 11 is 0. The summed E-state index contributed by atoms with van der Waals surface area (Å²) in [5.41, 5.74) is 1.60. The van der Waals surface area contributed by atoms with E-state index in [9.17, 15) is 4.79 Å². The summed E-state index contributed by atoms with van der Waals surface area (Å²) in [5, 5.41) is 0. The highest BCUT2D eigenvalue weighted by molar-refractivity contribution is 5.84. The topological polar surface area (TPSA) is 17.1 Å². The first-order chi connectivity index (χ1) is 6.02. The van der Waals surface area contributed by atoms with Crippen LogP contribution < -0.4 is 0 Å². The molecule has 2 fully saturated rings. The van der Waals surface area contributed by atoms with Crippen molar-refractivity contribution < 1.29 is 4.79 Å². The fraction of sp³-hybridized carbons (Fsp3) is 0.750. The number of carbonyl (C=O) groups excluding carboxylic acids is 1. The van der Waals surface area contributed by atoms with E-state index in [0.29, 0.717) is 17.6 Å². The standard InChI is InChI=1S/C12H18O/c1-8-9-4-5-11(13)10(9)6-7-12(8,2)3/h9-10H,1,4-7H2,2-3H3/t9-,10+/m1/s1. The molecule has 2 aliphatic carbocycles. The zero-order chi connectivity index (χ0) is 9.64. The molecule has 2 aliphatic rings. The van der Waals surface area contributed by atoms with Gasteiger partial charge in [0.2, 0.25) is 0 Å². The predicted octanol–water partition coefficient (Wildman–Crippen LogP) is 2.96. The highest BCUT2D eigenvalue weighted by Crippen LogP contribution is 2.50. The molecule has 0 unspecified atom stereocenters. The van der Waals surface area contributed by atoms with Gasteiger partial charge in [-0.05, 0) is 30.6 Å². The van der Waals surface area contributed by atoms with Crippen molar-refractivity contribution in [2.75, 3.05) is 0 Å². The van der Waals surface area contributed by atoms with E-state index >= 15 is 0 Å². The highest BCUT2D eigenvalue weighted by Gasteiger charge is 2.44. The van der Waals surface area contributed by atoms with Crippen LogP contribution in [-0.4, -0.2) is 5.78 Å². The first-order valence-corrected chi connectivity index (χ1v) is 5.24. The minimum Gasteiger partial charge on any atom is -0.299 e. The van der Waals surface area contributed by atoms with E-state index in [1.54, 1.807) is 0 Å². The van der Waals surface area contributed by atoms with Crippen LogP contribution in [0.5, 0.6) is 0 Å². The molecule has 2 atom stereocenters. The molecule has 0 spiro atoms. The largest absolute Gasteiger partial charge is 0.299 e. The summed E-state index contributed by atoms with van der Waals surface area (Å²) in [6, 6.07) is 0. The van der Waals surface area contributed by atoms with Crippen molar-refractivity contribution in [1.82, 2.24) is 0 Å². The fourth-order valence-electron chi connectivity index (χ4n) is 2.87. The molecular weight excluding hydrogens is 160 g/mol. The third-order valence-electron chi connectivity index (χ3n) is 4.00. The number of Topliss-reactive ketones (excluding diaryl/α,β-unsaturated/α-hetero) is 1. The number of fused-ring (bicyclic) bond motifs is 1. The van der Waals surface area contributed by atoms with Crippen molar-refractivity contribution in [2.45, 2.75) is 39.5 Å². The summed E-state index contributed by atoms with van der Waals surface area (Å²) in [6.45, 7) is 8.71. The predicted molar refractivity (Wildman–Crippen MR) is 53.4 cm³/mol. The minimum absolute atomic E-state index is 0.270. The second-order valence-electron chi connectivity index (χ2n) is 5.17.